The lowest BCUT2D eigenvalue weighted by Gasteiger charge is -2.30. The first-order valence-electron chi connectivity index (χ1n) is 12.4. The third kappa shape index (κ3) is 6.35. The van der Waals surface area contributed by atoms with E-state index < -0.39 is 13.1 Å². The number of carbonyl (C=O) groups is 2. The van der Waals surface area contributed by atoms with Crippen LogP contribution in [-0.4, -0.2) is 41.6 Å². The largest absolute Gasteiger partial charge is 0.535 e. The Balaban J connectivity index is 1.17. The Kier molecular flexibility index (Phi) is 7.90. The second-order valence-electron chi connectivity index (χ2n) is 10.1. The van der Waals surface area contributed by atoms with Gasteiger partial charge in [-0.1, -0.05) is 37.8 Å². The molecule has 0 amide bonds. The van der Waals surface area contributed by atoms with Gasteiger partial charge in [0.2, 0.25) is 0 Å². The number of Topliss-reactive ketones (excluding diaryl/α,β-unsaturated/α-hetero) is 1. The maximum Gasteiger partial charge on any atom is 0.526 e. The Bertz CT molecular complexity index is 804. The Labute approximate surface area is 191 Å². The molecule has 1 atom stereocenters. The number of benzene rings is 1. The third-order valence-electron chi connectivity index (χ3n) is 7.47. The van der Waals surface area contributed by atoms with Gasteiger partial charge in [0.05, 0.1) is 5.56 Å². The average molecular weight is 441 g/mol. The molecule has 2 saturated carbocycles. The van der Waals surface area contributed by atoms with Crippen molar-refractivity contribution < 1.29 is 24.4 Å². The molecule has 7 heteroatoms. The van der Waals surface area contributed by atoms with E-state index in [9.17, 15) is 19.7 Å². The fourth-order valence-corrected chi connectivity index (χ4v) is 5.37. The summed E-state index contributed by atoms with van der Waals surface area (Å²) < 4.78 is 5.53. The molecule has 0 saturated heterocycles. The van der Waals surface area contributed by atoms with Crippen LogP contribution in [0.15, 0.2) is 18.2 Å². The molecule has 3 aliphatic rings. The highest BCUT2D eigenvalue weighted by Gasteiger charge is 2.38. The molecule has 3 N–H and O–H groups in total. The molecule has 2 aliphatic carbocycles. The summed E-state index contributed by atoms with van der Waals surface area (Å²) in [6.45, 7) is 1.12. The smallest absolute Gasteiger partial charge is 0.526 e. The SMILES string of the molecule is O=C(CC1CCC(NCCCCC2CC2)CC1)C[C@H]1Cc2cccc(C(=O)O)c2OB1O. The zero-order valence-corrected chi connectivity index (χ0v) is 18.9. The number of aromatic carboxylic acids is 1. The van der Waals surface area contributed by atoms with Crippen molar-refractivity contribution in [2.45, 2.75) is 88.9 Å². The highest BCUT2D eigenvalue weighted by Crippen LogP contribution is 2.37. The summed E-state index contributed by atoms with van der Waals surface area (Å²) in [5.74, 6) is 0.463. The van der Waals surface area contributed by atoms with Crippen molar-refractivity contribution in [2.75, 3.05) is 6.54 Å². The van der Waals surface area contributed by atoms with E-state index in [1.807, 2.05) is 6.07 Å². The number of hydrogen-bond acceptors (Lipinski definition) is 5. The number of nitrogens with one attached hydrogen (secondary N) is 1. The maximum absolute atomic E-state index is 12.7. The van der Waals surface area contributed by atoms with Crippen molar-refractivity contribution in [1.82, 2.24) is 5.32 Å². The first-order chi connectivity index (χ1) is 15.5. The van der Waals surface area contributed by atoms with Crippen molar-refractivity contribution >= 4 is 18.9 Å². The van der Waals surface area contributed by atoms with Crippen LogP contribution in [0, 0.1) is 11.8 Å². The Hall–Kier alpha value is -1.86. The van der Waals surface area contributed by atoms with E-state index in [4.69, 9.17) is 4.65 Å². The highest BCUT2D eigenvalue weighted by atomic mass is 16.5. The standard InChI is InChI=1S/C25H36BNO5/c28-22(14-18-9-11-21(12-10-18)27-13-2-1-4-17-7-8-17)16-20-15-19-5-3-6-23(25(29)30)24(19)32-26(20)31/h3,5-6,17-18,20-21,27,31H,1-2,4,7-16H2,(H,29,30)/t18?,20-,21?/m1/s1. The highest BCUT2D eigenvalue weighted by molar-refractivity contribution is 6.47. The van der Waals surface area contributed by atoms with Crippen molar-refractivity contribution in [1.29, 1.82) is 0 Å². The van der Waals surface area contributed by atoms with Crippen LogP contribution in [0.5, 0.6) is 5.75 Å². The summed E-state index contributed by atoms with van der Waals surface area (Å²) in [4.78, 5) is 24.1. The minimum Gasteiger partial charge on any atom is -0.535 e. The van der Waals surface area contributed by atoms with E-state index >= 15 is 0 Å². The Morgan fingerprint density at radius 1 is 1.03 bits per heavy atom. The van der Waals surface area contributed by atoms with Crippen LogP contribution in [0.1, 0.15) is 86.6 Å². The molecular weight excluding hydrogens is 405 g/mol. The van der Waals surface area contributed by atoms with Crippen LogP contribution in [-0.2, 0) is 11.2 Å². The molecule has 0 unspecified atom stereocenters. The summed E-state index contributed by atoms with van der Waals surface area (Å²) in [7, 11) is -1.15. The van der Waals surface area contributed by atoms with Crippen LogP contribution in [0.2, 0.25) is 5.82 Å². The number of ketones is 1. The van der Waals surface area contributed by atoms with Gasteiger partial charge in [0.15, 0.2) is 0 Å². The van der Waals surface area contributed by atoms with Crippen LogP contribution in [0.25, 0.3) is 0 Å². The van der Waals surface area contributed by atoms with Gasteiger partial charge < -0.3 is 20.1 Å². The average Bonchev–Trinajstić information content (AvgIpc) is 3.59. The monoisotopic (exact) mass is 441 g/mol. The summed E-state index contributed by atoms with van der Waals surface area (Å²) in [5, 5.41) is 23.4. The summed E-state index contributed by atoms with van der Waals surface area (Å²) in [6, 6.07) is 5.56. The van der Waals surface area contributed by atoms with Gasteiger partial charge in [-0.15, -0.1) is 0 Å². The van der Waals surface area contributed by atoms with Crippen molar-refractivity contribution in [2.24, 2.45) is 11.8 Å². The minimum atomic E-state index is -1.15. The maximum atomic E-state index is 12.7. The zero-order chi connectivity index (χ0) is 22.5. The molecule has 1 aliphatic heterocycles. The van der Waals surface area contributed by atoms with Crippen molar-refractivity contribution in [3.63, 3.8) is 0 Å². The first kappa shape index (κ1) is 23.3. The van der Waals surface area contributed by atoms with Gasteiger partial charge in [-0.2, -0.15) is 0 Å². The van der Waals surface area contributed by atoms with Gasteiger partial charge in [0.25, 0.3) is 0 Å². The molecule has 32 heavy (non-hydrogen) atoms. The van der Waals surface area contributed by atoms with Crippen LogP contribution < -0.4 is 9.97 Å². The lowest BCUT2D eigenvalue weighted by atomic mass is 9.64. The second kappa shape index (κ2) is 10.8. The van der Waals surface area contributed by atoms with Crippen LogP contribution in [0.4, 0.5) is 0 Å². The number of para-hydroxylation sites is 1. The van der Waals surface area contributed by atoms with Crippen molar-refractivity contribution in [3.05, 3.63) is 29.3 Å². The number of fused-ring (bicyclic) bond motifs is 1. The number of carboxylic acids is 1. The quantitative estimate of drug-likeness (QED) is 0.351. The van der Waals surface area contributed by atoms with Gasteiger partial charge in [0, 0.05) is 24.7 Å². The molecule has 1 aromatic rings. The molecular formula is C25H36BNO5. The van der Waals surface area contributed by atoms with E-state index in [1.54, 1.807) is 6.07 Å². The van der Waals surface area contributed by atoms with E-state index in [1.165, 1.54) is 38.2 Å². The van der Waals surface area contributed by atoms with E-state index in [-0.39, 0.29) is 29.3 Å². The number of hydrogen-bond donors (Lipinski definition) is 3. The van der Waals surface area contributed by atoms with E-state index in [0.29, 0.717) is 24.8 Å². The van der Waals surface area contributed by atoms with Crippen LogP contribution in [0.3, 0.4) is 0 Å². The molecule has 0 spiro atoms. The lowest BCUT2D eigenvalue weighted by molar-refractivity contribution is -0.120. The first-order valence-corrected chi connectivity index (χ1v) is 12.4. The number of unbranched alkanes of at least 4 members (excludes halogenated alkanes) is 1. The second-order valence-corrected chi connectivity index (χ2v) is 10.1. The van der Waals surface area contributed by atoms with Crippen LogP contribution >= 0.6 is 0 Å². The normalized spacial score (nSPS) is 25.2. The topological polar surface area (TPSA) is 95.9 Å². The number of rotatable bonds is 11. The van der Waals surface area contributed by atoms with Gasteiger partial charge in [-0.25, -0.2) is 4.79 Å². The predicted molar refractivity (Wildman–Crippen MR) is 124 cm³/mol. The molecule has 2 fully saturated rings. The molecule has 174 valence electrons. The van der Waals surface area contributed by atoms with Gasteiger partial charge in [-0.05, 0) is 68.5 Å². The Morgan fingerprint density at radius 3 is 2.50 bits per heavy atom. The molecule has 6 nitrogen and oxygen atoms in total. The van der Waals surface area contributed by atoms with Crippen molar-refractivity contribution in [3.8, 4) is 5.75 Å². The van der Waals surface area contributed by atoms with Gasteiger partial charge in [0.1, 0.15) is 11.5 Å². The molecule has 4 rings (SSSR count). The molecule has 0 bridgehead atoms. The summed E-state index contributed by atoms with van der Waals surface area (Å²) >= 11 is 0. The lowest BCUT2D eigenvalue weighted by Crippen LogP contribution is -2.36. The van der Waals surface area contributed by atoms with E-state index in [0.717, 1.165) is 43.7 Å². The fraction of sp³-hybridized carbons (Fsp3) is 0.680. The molecule has 0 radical (unpaired) electrons. The molecule has 1 aromatic carbocycles. The Morgan fingerprint density at radius 2 is 1.78 bits per heavy atom. The number of carbonyl (C=O) groups excluding carboxylic acids is 1. The van der Waals surface area contributed by atoms with Gasteiger partial charge >= 0.3 is 13.1 Å². The number of carboxylic acid groups (broad SMARTS) is 1. The fourth-order valence-electron chi connectivity index (χ4n) is 5.37. The summed E-state index contributed by atoms with van der Waals surface area (Å²) in [6.07, 6.45) is 12.7. The zero-order valence-electron chi connectivity index (χ0n) is 18.9. The molecule has 1 heterocycles. The minimum absolute atomic E-state index is 0.0552. The third-order valence-corrected chi connectivity index (χ3v) is 7.47. The van der Waals surface area contributed by atoms with E-state index in [2.05, 4.69) is 5.32 Å². The predicted octanol–water partition coefficient (Wildman–Crippen LogP) is 4.25. The summed E-state index contributed by atoms with van der Waals surface area (Å²) in [5.41, 5.74) is 0.802. The van der Waals surface area contributed by atoms with Gasteiger partial charge in [-0.3, -0.25) is 4.79 Å². The molecule has 0 aromatic heterocycles.